The zero-order chi connectivity index (χ0) is 15.0. The van der Waals surface area contributed by atoms with E-state index >= 15 is 0 Å². The molecule has 114 valence electrons. The third-order valence-corrected chi connectivity index (χ3v) is 3.04. The van der Waals surface area contributed by atoms with Crippen LogP contribution in [0.4, 0.5) is 13.2 Å². The van der Waals surface area contributed by atoms with Crippen LogP contribution in [0.25, 0.3) is 0 Å². The second-order valence-corrected chi connectivity index (χ2v) is 4.58. The SMILES string of the molecule is CCCNC(CCOCC)c1ccccc1C(F)(F)F. The highest BCUT2D eigenvalue weighted by molar-refractivity contribution is 5.32. The van der Waals surface area contributed by atoms with Crippen molar-refractivity contribution in [2.75, 3.05) is 19.8 Å². The van der Waals surface area contributed by atoms with Crippen LogP contribution in [-0.2, 0) is 10.9 Å². The summed E-state index contributed by atoms with van der Waals surface area (Å²) in [6.07, 6.45) is -2.92. The second kappa shape index (κ2) is 8.27. The van der Waals surface area contributed by atoms with Crippen molar-refractivity contribution in [3.63, 3.8) is 0 Å². The van der Waals surface area contributed by atoms with Crippen LogP contribution in [0.5, 0.6) is 0 Å². The molecule has 1 aromatic carbocycles. The molecule has 1 N–H and O–H groups in total. The van der Waals surface area contributed by atoms with Gasteiger partial charge in [0.1, 0.15) is 0 Å². The molecule has 0 aliphatic carbocycles. The third kappa shape index (κ3) is 5.13. The fourth-order valence-electron chi connectivity index (χ4n) is 2.09. The third-order valence-electron chi connectivity index (χ3n) is 3.04. The first-order chi connectivity index (χ1) is 9.50. The monoisotopic (exact) mass is 289 g/mol. The Bertz CT molecular complexity index is 393. The molecule has 0 spiro atoms. The van der Waals surface area contributed by atoms with Crippen LogP contribution in [0.2, 0.25) is 0 Å². The fourth-order valence-corrected chi connectivity index (χ4v) is 2.09. The van der Waals surface area contributed by atoms with Crippen molar-refractivity contribution in [3.8, 4) is 0 Å². The Hall–Kier alpha value is -1.07. The Morgan fingerprint density at radius 2 is 1.90 bits per heavy atom. The van der Waals surface area contributed by atoms with Crippen LogP contribution in [-0.4, -0.2) is 19.8 Å². The van der Waals surface area contributed by atoms with Crippen LogP contribution >= 0.6 is 0 Å². The van der Waals surface area contributed by atoms with Gasteiger partial charge >= 0.3 is 6.18 Å². The van der Waals surface area contributed by atoms with E-state index in [9.17, 15) is 13.2 Å². The lowest BCUT2D eigenvalue weighted by molar-refractivity contribution is -0.138. The molecule has 0 aliphatic heterocycles. The van der Waals surface area contributed by atoms with Crippen molar-refractivity contribution in [3.05, 3.63) is 35.4 Å². The summed E-state index contributed by atoms with van der Waals surface area (Å²) in [6.45, 7) is 5.56. The molecule has 20 heavy (non-hydrogen) atoms. The lowest BCUT2D eigenvalue weighted by Crippen LogP contribution is -2.26. The average Bonchev–Trinajstić information content (AvgIpc) is 2.42. The largest absolute Gasteiger partial charge is 0.416 e. The molecular formula is C15H22F3NO. The van der Waals surface area contributed by atoms with Gasteiger partial charge in [-0.2, -0.15) is 13.2 Å². The molecule has 0 saturated heterocycles. The van der Waals surface area contributed by atoms with E-state index in [2.05, 4.69) is 5.32 Å². The van der Waals surface area contributed by atoms with Crippen molar-refractivity contribution in [2.24, 2.45) is 0 Å². The number of hydrogen-bond acceptors (Lipinski definition) is 2. The predicted octanol–water partition coefficient (Wildman–Crippen LogP) is 4.17. The smallest absolute Gasteiger partial charge is 0.382 e. The van der Waals surface area contributed by atoms with E-state index in [1.807, 2.05) is 13.8 Å². The number of nitrogens with one attached hydrogen (secondary N) is 1. The minimum absolute atomic E-state index is 0.299. The maximum atomic E-state index is 13.1. The molecule has 0 aromatic heterocycles. The number of hydrogen-bond donors (Lipinski definition) is 1. The van der Waals surface area contributed by atoms with Gasteiger partial charge in [0.15, 0.2) is 0 Å². The van der Waals surface area contributed by atoms with Gasteiger partial charge in [0.25, 0.3) is 0 Å². The van der Waals surface area contributed by atoms with Crippen LogP contribution in [0.15, 0.2) is 24.3 Å². The number of rotatable bonds is 8. The van der Waals surface area contributed by atoms with Gasteiger partial charge in [-0.05, 0) is 37.9 Å². The number of halogens is 3. The van der Waals surface area contributed by atoms with E-state index in [-0.39, 0.29) is 6.04 Å². The van der Waals surface area contributed by atoms with Gasteiger partial charge in [0, 0.05) is 19.3 Å². The van der Waals surface area contributed by atoms with Crippen molar-refractivity contribution in [2.45, 2.75) is 38.9 Å². The molecule has 0 radical (unpaired) electrons. The lowest BCUT2D eigenvalue weighted by atomic mass is 9.97. The zero-order valence-electron chi connectivity index (χ0n) is 12.0. The van der Waals surface area contributed by atoms with Gasteiger partial charge < -0.3 is 10.1 Å². The highest BCUT2D eigenvalue weighted by Gasteiger charge is 2.34. The van der Waals surface area contributed by atoms with Crippen molar-refractivity contribution in [1.82, 2.24) is 5.32 Å². The summed E-state index contributed by atoms with van der Waals surface area (Å²) in [5.74, 6) is 0. The summed E-state index contributed by atoms with van der Waals surface area (Å²) >= 11 is 0. The van der Waals surface area contributed by atoms with Gasteiger partial charge in [0.2, 0.25) is 0 Å². The summed E-state index contributed by atoms with van der Waals surface area (Å²) in [7, 11) is 0. The second-order valence-electron chi connectivity index (χ2n) is 4.58. The molecule has 0 amide bonds. The van der Waals surface area contributed by atoms with Crippen molar-refractivity contribution in [1.29, 1.82) is 0 Å². The highest BCUT2D eigenvalue weighted by Crippen LogP contribution is 2.35. The fraction of sp³-hybridized carbons (Fsp3) is 0.600. The molecule has 5 heteroatoms. The lowest BCUT2D eigenvalue weighted by Gasteiger charge is -2.23. The summed E-state index contributed by atoms with van der Waals surface area (Å²) in [5.41, 5.74) is -0.266. The Morgan fingerprint density at radius 3 is 2.50 bits per heavy atom. The van der Waals surface area contributed by atoms with Crippen LogP contribution < -0.4 is 5.32 Å². The summed E-state index contributed by atoms with van der Waals surface area (Å²) < 4.78 is 44.5. The van der Waals surface area contributed by atoms with Gasteiger partial charge in [-0.25, -0.2) is 0 Å². The zero-order valence-corrected chi connectivity index (χ0v) is 12.0. The summed E-state index contributed by atoms with van der Waals surface area (Å²) in [5, 5.41) is 3.18. The van der Waals surface area contributed by atoms with E-state index < -0.39 is 11.7 Å². The number of alkyl halides is 3. The topological polar surface area (TPSA) is 21.3 Å². The Balaban J connectivity index is 2.94. The Kier molecular flexibility index (Phi) is 7.02. The quantitative estimate of drug-likeness (QED) is 0.725. The number of ether oxygens (including phenoxy) is 1. The van der Waals surface area contributed by atoms with Gasteiger partial charge in [-0.15, -0.1) is 0 Å². The van der Waals surface area contributed by atoms with Gasteiger partial charge in [-0.1, -0.05) is 25.1 Å². The van der Waals surface area contributed by atoms with Crippen molar-refractivity contribution < 1.29 is 17.9 Å². The van der Waals surface area contributed by atoms with Gasteiger partial charge in [0.05, 0.1) is 5.56 Å². The molecule has 0 saturated carbocycles. The Labute approximate surface area is 118 Å². The minimum Gasteiger partial charge on any atom is -0.382 e. The molecule has 1 atom stereocenters. The van der Waals surface area contributed by atoms with Gasteiger partial charge in [-0.3, -0.25) is 0 Å². The standard InChI is InChI=1S/C15H22F3NO/c1-3-10-19-14(9-11-20-4-2)12-7-5-6-8-13(12)15(16,17)18/h5-8,14,19H,3-4,9-11H2,1-2H3. The highest BCUT2D eigenvalue weighted by atomic mass is 19.4. The summed E-state index contributed by atoms with van der Waals surface area (Å²) in [6, 6.07) is 5.41. The molecule has 1 rings (SSSR count). The van der Waals surface area contributed by atoms with E-state index in [1.54, 1.807) is 12.1 Å². The average molecular weight is 289 g/mol. The predicted molar refractivity (Wildman–Crippen MR) is 73.6 cm³/mol. The molecule has 2 nitrogen and oxygen atoms in total. The molecule has 1 unspecified atom stereocenters. The minimum atomic E-state index is -4.33. The van der Waals surface area contributed by atoms with Crippen LogP contribution in [0.3, 0.4) is 0 Å². The molecule has 0 bridgehead atoms. The maximum absolute atomic E-state index is 13.1. The molecule has 1 aromatic rings. The first-order valence-corrected chi connectivity index (χ1v) is 6.98. The molecule has 0 aliphatic rings. The van der Waals surface area contributed by atoms with E-state index in [1.165, 1.54) is 6.07 Å². The normalized spacial score (nSPS) is 13.4. The van der Waals surface area contributed by atoms with E-state index in [0.29, 0.717) is 31.7 Å². The van der Waals surface area contributed by atoms with Crippen molar-refractivity contribution >= 4 is 0 Å². The van der Waals surface area contributed by atoms with Crippen LogP contribution in [0, 0.1) is 0 Å². The van der Waals surface area contributed by atoms with E-state index in [0.717, 1.165) is 12.5 Å². The Morgan fingerprint density at radius 1 is 1.20 bits per heavy atom. The maximum Gasteiger partial charge on any atom is 0.416 e. The van der Waals surface area contributed by atoms with Crippen LogP contribution in [0.1, 0.15) is 43.9 Å². The molecular weight excluding hydrogens is 267 g/mol. The molecule has 0 heterocycles. The summed E-state index contributed by atoms with van der Waals surface area (Å²) in [4.78, 5) is 0. The molecule has 0 fully saturated rings. The first kappa shape index (κ1) is 17.0. The first-order valence-electron chi connectivity index (χ1n) is 6.98. The van der Waals surface area contributed by atoms with E-state index in [4.69, 9.17) is 4.74 Å². The number of benzene rings is 1.